The molecule has 8 nitrogen and oxygen atoms in total. The summed E-state index contributed by atoms with van der Waals surface area (Å²) in [5, 5.41) is 17.1. The molecule has 1 aromatic carbocycles. The number of carboxylic acid groups (broad SMARTS) is 2. The molecule has 0 aliphatic carbocycles. The van der Waals surface area contributed by atoms with Crippen molar-refractivity contribution in [2.45, 2.75) is 0 Å². The Bertz CT molecular complexity index is 1590. The lowest BCUT2D eigenvalue weighted by Gasteiger charge is -1.98. The predicted molar refractivity (Wildman–Crippen MR) is 139 cm³/mol. The van der Waals surface area contributed by atoms with Gasteiger partial charge in [-0.1, -0.05) is 12.1 Å². The Labute approximate surface area is 205 Å². The molecular weight excluding hydrogens is 456 g/mol. The van der Waals surface area contributed by atoms with E-state index in [1.165, 1.54) is 24.3 Å². The second-order valence-corrected chi connectivity index (χ2v) is 8.06. The Morgan fingerprint density at radius 2 is 0.889 bits per heavy atom. The van der Waals surface area contributed by atoms with Crippen LogP contribution in [0, 0.1) is 0 Å². The van der Waals surface area contributed by atoms with Gasteiger partial charge >= 0.3 is 11.9 Å². The van der Waals surface area contributed by atoms with Crippen molar-refractivity contribution >= 4 is 58.3 Å². The van der Waals surface area contributed by atoms with Crippen molar-refractivity contribution in [1.29, 1.82) is 0 Å². The number of H-pyrrole nitrogens is 2. The standard InChI is InChI=1S/C20H14N4.C8H6O4/c1-2-14-10-16-5-6-18(23-16)12-20-8-7-19(24-20)11-17-4-3-15(22-17)9-13(1)21-14;9-7(10)5-3-1-2-4-6(5)8(11)12/h1-12,21-22H;1-4H,(H,9,10)(H,11,12). The predicted octanol–water partition coefficient (Wildman–Crippen LogP) is 5.74. The first kappa shape index (κ1) is 22.5. The maximum atomic E-state index is 10.5. The van der Waals surface area contributed by atoms with Crippen molar-refractivity contribution in [1.82, 2.24) is 19.9 Å². The highest BCUT2D eigenvalue weighted by Crippen LogP contribution is 2.17. The minimum Gasteiger partial charge on any atom is -0.478 e. The Morgan fingerprint density at radius 3 is 1.28 bits per heavy atom. The van der Waals surface area contributed by atoms with Gasteiger partial charge in [0, 0.05) is 22.1 Å². The molecule has 0 spiro atoms. The van der Waals surface area contributed by atoms with Crippen LogP contribution >= 0.6 is 0 Å². The quantitative estimate of drug-likeness (QED) is 0.252. The topological polar surface area (TPSA) is 132 Å². The minimum absolute atomic E-state index is 0.190. The van der Waals surface area contributed by atoms with Gasteiger partial charge in [-0.2, -0.15) is 0 Å². The normalized spacial score (nSPS) is 11.6. The van der Waals surface area contributed by atoms with Crippen LogP contribution in [-0.4, -0.2) is 42.1 Å². The molecule has 0 saturated carbocycles. The van der Waals surface area contributed by atoms with Gasteiger partial charge in [-0.3, -0.25) is 0 Å². The van der Waals surface area contributed by atoms with Crippen molar-refractivity contribution in [3.8, 4) is 0 Å². The maximum absolute atomic E-state index is 10.5. The summed E-state index contributed by atoms with van der Waals surface area (Å²) in [6.45, 7) is 0. The molecule has 0 unspecified atom stereocenters. The SMILES string of the molecule is C1=Cc2cc3ccc(cc4ccc(cc5nc(cc1n2)C=C5)[nH]4)[nH]3.O=C(O)c1ccccc1C(=O)O. The number of hydrogen-bond donors (Lipinski definition) is 4. The average Bonchev–Trinajstić information content (AvgIpc) is 3.66. The average molecular weight is 476 g/mol. The number of benzene rings is 1. The fraction of sp³-hybridized carbons (Fsp3) is 0. The zero-order chi connectivity index (χ0) is 25.1. The first-order valence-corrected chi connectivity index (χ1v) is 11.0. The molecule has 4 aromatic rings. The minimum atomic E-state index is -1.23. The number of carboxylic acids is 2. The van der Waals surface area contributed by atoms with Gasteiger partial charge in [0.25, 0.3) is 0 Å². The molecule has 176 valence electrons. The third-order valence-electron chi connectivity index (χ3n) is 5.43. The lowest BCUT2D eigenvalue weighted by molar-refractivity contribution is 0.0651. The fourth-order valence-corrected chi connectivity index (χ4v) is 3.80. The maximum Gasteiger partial charge on any atom is 0.336 e. The number of aromatic amines is 2. The number of carbonyl (C=O) groups is 2. The molecule has 6 rings (SSSR count). The molecule has 36 heavy (non-hydrogen) atoms. The molecule has 0 atom stereocenters. The van der Waals surface area contributed by atoms with Crippen LogP contribution in [-0.2, 0) is 0 Å². The van der Waals surface area contributed by atoms with Crippen LogP contribution in [0.25, 0.3) is 46.4 Å². The third kappa shape index (κ3) is 5.13. The summed E-state index contributed by atoms with van der Waals surface area (Å²) in [4.78, 5) is 36.9. The van der Waals surface area contributed by atoms with Crippen LogP contribution in [0.3, 0.4) is 0 Å². The summed E-state index contributed by atoms with van der Waals surface area (Å²) in [6, 6.07) is 21.9. The van der Waals surface area contributed by atoms with E-state index < -0.39 is 11.9 Å². The third-order valence-corrected chi connectivity index (χ3v) is 5.43. The number of nitrogens with one attached hydrogen (secondary N) is 2. The van der Waals surface area contributed by atoms with E-state index in [4.69, 9.17) is 10.2 Å². The Kier molecular flexibility index (Phi) is 5.98. The Morgan fingerprint density at radius 1 is 0.528 bits per heavy atom. The number of fused-ring (bicyclic) bond motifs is 8. The molecule has 3 aromatic heterocycles. The van der Waals surface area contributed by atoms with E-state index in [9.17, 15) is 9.59 Å². The van der Waals surface area contributed by atoms with Crippen molar-refractivity contribution in [2.75, 3.05) is 0 Å². The number of aromatic nitrogens is 4. The smallest absolute Gasteiger partial charge is 0.336 e. The zero-order valence-electron chi connectivity index (χ0n) is 18.8. The summed E-state index contributed by atoms with van der Waals surface area (Å²) < 4.78 is 0. The first-order chi connectivity index (χ1) is 17.4. The van der Waals surface area contributed by atoms with Gasteiger partial charge in [0.05, 0.1) is 33.9 Å². The molecule has 2 aliphatic rings. The van der Waals surface area contributed by atoms with Crippen LogP contribution < -0.4 is 0 Å². The van der Waals surface area contributed by atoms with Crippen molar-refractivity contribution < 1.29 is 19.8 Å². The summed E-state index contributed by atoms with van der Waals surface area (Å²) in [5.74, 6) is -2.46. The molecular formula is C28H20N4O4. The number of nitrogens with zero attached hydrogens (tertiary/aromatic N) is 2. The van der Waals surface area contributed by atoms with Gasteiger partial charge in [-0.15, -0.1) is 0 Å². The van der Waals surface area contributed by atoms with E-state index in [1.54, 1.807) is 0 Å². The van der Waals surface area contributed by atoms with Crippen LogP contribution in [0.5, 0.6) is 0 Å². The second kappa shape index (κ2) is 9.55. The van der Waals surface area contributed by atoms with Crippen molar-refractivity contribution in [3.05, 3.63) is 107 Å². The van der Waals surface area contributed by atoms with Crippen LogP contribution in [0.1, 0.15) is 43.5 Å². The van der Waals surface area contributed by atoms with E-state index in [-0.39, 0.29) is 11.1 Å². The van der Waals surface area contributed by atoms with E-state index in [0.29, 0.717) is 0 Å². The van der Waals surface area contributed by atoms with Crippen LogP contribution in [0.15, 0.2) is 72.8 Å². The van der Waals surface area contributed by atoms with Gasteiger partial charge in [0.1, 0.15) is 0 Å². The lowest BCUT2D eigenvalue weighted by atomic mass is 10.1. The molecule has 0 fully saturated rings. The highest BCUT2D eigenvalue weighted by Gasteiger charge is 2.13. The summed E-state index contributed by atoms with van der Waals surface area (Å²) in [5.41, 5.74) is 7.48. The van der Waals surface area contributed by atoms with E-state index in [1.807, 2.05) is 42.5 Å². The highest BCUT2D eigenvalue weighted by molar-refractivity contribution is 6.01. The molecule has 0 radical (unpaired) electrons. The molecule has 5 heterocycles. The van der Waals surface area contributed by atoms with E-state index in [0.717, 1.165) is 44.8 Å². The van der Waals surface area contributed by atoms with Crippen LogP contribution in [0.4, 0.5) is 0 Å². The molecule has 0 amide bonds. The first-order valence-electron chi connectivity index (χ1n) is 11.0. The molecule has 8 heteroatoms. The summed E-state index contributed by atoms with van der Waals surface area (Å²) in [6.07, 6.45) is 8.05. The summed E-state index contributed by atoms with van der Waals surface area (Å²) in [7, 11) is 0. The molecule has 0 saturated heterocycles. The van der Waals surface area contributed by atoms with Crippen molar-refractivity contribution in [2.24, 2.45) is 0 Å². The molecule has 2 aliphatic heterocycles. The number of hydrogen-bond acceptors (Lipinski definition) is 4. The Hall–Kier alpha value is -5.24. The monoisotopic (exact) mass is 476 g/mol. The Balaban J connectivity index is 0.000000189. The van der Waals surface area contributed by atoms with E-state index >= 15 is 0 Å². The van der Waals surface area contributed by atoms with Gasteiger partial charge in [-0.25, -0.2) is 19.6 Å². The van der Waals surface area contributed by atoms with Crippen LogP contribution in [0.2, 0.25) is 0 Å². The zero-order valence-corrected chi connectivity index (χ0v) is 18.8. The van der Waals surface area contributed by atoms with E-state index in [2.05, 4.69) is 50.3 Å². The van der Waals surface area contributed by atoms with Gasteiger partial charge in [0.15, 0.2) is 0 Å². The fourth-order valence-electron chi connectivity index (χ4n) is 3.80. The lowest BCUT2D eigenvalue weighted by Crippen LogP contribution is -2.06. The molecule has 4 N–H and O–H groups in total. The van der Waals surface area contributed by atoms with Gasteiger partial charge < -0.3 is 20.2 Å². The number of rotatable bonds is 2. The van der Waals surface area contributed by atoms with Gasteiger partial charge in [0.2, 0.25) is 0 Å². The van der Waals surface area contributed by atoms with Crippen molar-refractivity contribution in [3.63, 3.8) is 0 Å². The van der Waals surface area contributed by atoms with Gasteiger partial charge in [-0.05, 0) is 85.0 Å². The number of aromatic carboxylic acids is 2. The largest absolute Gasteiger partial charge is 0.478 e. The highest BCUT2D eigenvalue weighted by atomic mass is 16.4. The summed E-state index contributed by atoms with van der Waals surface area (Å²) >= 11 is 0. The molecule has 8 bridgehead atoms. The second-order valence-electron chi connectivity index (χ2n) is 8.06.